The summed E-state index contributed by atoms with van der Waals surface area (Å²) >= 11 is 0. The number of benzene rings is 4. The van der Waals surface area contributed by atoms with Crippen LogP contribution >= 0.6 is 0 Å². The van der Waals surface area contributed by atoms with Crippen molar-refractivity contribution < 1.29 is 0 Å². The Bertz CT molecular complexity index is 1830. The van der Waals surface area contributed by atoms with Gasteiger partial charge in [0.1, 0.15) is 0 Å². The lowest BCUT2D eigenvalue weighted by Gasteiger charge is -2.24. The van der Waals surface area contributed by atoms with Gasteiger partial charge in [-0.2, -0.15) is 0 Å². The van der Waals surface area contributed by atoms with Gasteiger partial charge in [-0.3, -0.25) is 0 Å². The van der Waals surface area contributed by atoms with E-state index in [-0.39, 0.29) is 10.8 Å². The summed E-state index contributed by atoms with van der Waals surface area (Å²) in [6, 6.07) is 18.8. The first-order valence-corrected chi connectivity index (χ1v) is 14.7. The second kappa shape index (κ2) is 9.18. The van der Waals surface area contributed by atoms with Gasteiger partial charge >= 0.3 is 0 Å². The van der Waals surface area contributed by atoms with Crippen molar-refractivity contribution >= 4 is 24.3 Å². The fourth-order valence-electron chi connectivity index (χ4n) is 7.64. The zero-order valence-electron chi connectivity index (χ0n) is 25.5. The predicted molar refractivity (Wildman–Crippen MR) is 181 cm³/mol. The summed E-state index contributed by atoms with van der Waals surface area (Å²) in [6.45, 7) is 30.5. The van der Waals surface area contributed by atoms with E-state index in [1.54, 1.807) is 0 Å². The van der Waals surface area contributed by atoms with Gasteiger partial charge in [0.05, 0.1) is 0 Å². The lowest BCUT2D eigenvalue weighted by Crippen LogP contribution is -2.16. The van der Waals surface area contributed by atoms with E-state index in [9.17, 15) is 0 Å². The largest absolute Gasteiger partial charge is 0.0984 e. The SMILES string of the molecule is C=Cc1c(C)cc2c(c1C=C)-c1ccc(-c3ccc4c(c3)C(C)(C)c3cc(CC)c(C=C)c(C=C)c3-4)cc1C2(C)C. The molecule has 0 radical (unpaired) electrons. The van der Waals surface area contributed by atoms with Gasteiger partial charge in [0.15, 0.2) is 0 Å². The van der Waals surface area contributed by atoms with Crippen molar-refractivity contribution in [2.75, 3.05) is 0 Å². The van der Waals surface area contributed by atoms with Crippen LogP contribution in [0.5, 0.6) is 0 Å². The topological polar surface area (TPSA) is 0 Å². The average Bonchev–Trinajstić information content (AvgIpc) is 3.33. The molecule has 0 fully saturated rings. The van der Waals surface area contributed by atoms with Crippen molar-refractivity contribution in [3.63, 3.8) is 0 Å². The maximum absolute atomic E-state index is 4.21. The second-order valence-corrected chi connectivity index (χ2v) is 12.7. The molecule has 0 amide bonds. The molecule has 0 spiro atoms. The summed E-state index contributed by atoms with van der Waals surface area (Å²) < 4.78 is 0. The third kappa shape index (κ3) is 3.53. The van der Waals surface area contributed by atoms with Crippen LogP contribution in [0.2, 0.25) is 0 Å². The van der Waals surface area contributed by atoms with Crippen molar-refractivity contribution in [1.29, 1.82) is 0 Å². The Morgan fingerprint density at radius 3 is 1.44 bits per heavy atom. The molecule has 0 heteroatoms. The second-order valence-electron chi connectivity index (χ2n) is 12.7. The third-order valence-corrected chi connectivity index (χ3v) is 9.91. The Labute approximate surface area is 246 Å². The number of rotatable bonds is 6. The molecule has 0 heterocycles. The maximum Gasteiger partial charge on any atom is 0.0159 e. The van der Waals surface area contributed by atoms with Crippen LogP contribution in [0.4, 0.5) is 0 Å². The van der Waals surface area contributed by atoms with Gasteiger partial charge in [-0.25, -0.2) is 0 Å². The standard InChI is InChI=1S/C41H40/c1-11-25-21-37-39(31(15-5)29(25)13-3)33-19-17-27(23-35(33)41(37,9)10)26-16-18-32-34(22-26)40(7,8)36-20-24(6)28(12-2)30(14-4)38(32)36/h12-23H,2-5,11H2,1,6-10H3. The highest BCUT2D eigenvalue weighted by atomic mass is 14.4. The van der Waals surface area contributed by atoms with Crippen molar-refractivity contribution in [3.05, 3.63) is 130 Å². The molecule has 204 valence electrons. The molecular formula is C41H40. The van der Waals surface area contributed by atoms with Gasteiger partial charge in [0.2, 0.25) is 0 Å². The molecule has 0 unspecified atom stereocenters. The molecule has 0 aliphatic heterocycles. The number of fused-ring (bicyclic) bond motifs is 6. The Kier molecular flexibility index (Phi) is 6.05. The van der Waals surface area contributed by atoms with E-state index in [1.165, 1.54) is 89.0 Å². The van der Waals surface area contributed by atoms with Gasteiger partial charge < -0.3 is 0 Å². The Morgan fingerprint density at radius 1 is 0.561 bits per heavy atom. The van der Waals surface area contributed by atoms with E-state index >= 15 is 0 Å². The minimum absolute atomic E-state index is 0.105. The minimum atomic E-state index is -0.106. The molecule has 0 saturated heterocycles. The monoisotopic (exact) mass is 532 g/mol. The number of hydrogen-bond donors (Lipinski definition) is 0. The van der Waals surface area contributed by atoms with Crippen molar-refractivity contribution in [2.24, 2.45) is 0 Å². The molecular weight excluding hydrogens is 492 g/mol. The summed E-state index contributed by atoms with van der Waals surface area (Å²) in [5, 5.41) is 0. The summed E-state index contributed by atoms with van der Waals surface area (Å²) in [6.07, 6.45) is 8.96. The Hall–Kier alpha value is -4.16. The average molecular weight is 533 g/mol. The van der Waals surface area contributed by atoms with E-state index in [2.05, 4.69) is 116 Å². The van der Waals surface area contributed by atoms with E-state index in [4.69, 9.17) is 0 Å². The molecule has 6 rings (SSSR count). The van der Waals surface area contributed by atoms with Crippen molar-refractivity contribution in [2.45, 2.75) is 58.8 Å². The maximum atomic E-state index is 4.21. The molecule has 0 N–H and O–H groups in total. The quantitative estimate of drug-likeness (QED) is 0.232. The Morgan fingerprint density at radius 2 is 1.00 bits per heavy atom. The summed E-state index contributed by atoms with van der Waals surface area (Å²) in [5.41, 5.74) is 20.4. The molecule has 2 aliphatic rings. The van der Waals surface area contributed by atoms with Crippen LogP contribution in [0.1, 0.15) is 90.3 Å². The lowest BCUT2D eigenvalue weighted by molar-refractivity contribution is 0.658. The first kappa shape index (κ1) is 27.0. The van der Waals surface area contributed by atoms with Crippen LogP contribution in [-0.4, -0.2) is 0 Å². The van der Waals surface area contributed by atoms with Crippen molar-refractivity contribution in [3.8, 4) is 33.4 Å². The zero-order chi connectivity index (χ0) is 29.4. The van der Waals surface area contributed by atoms with Crippen molar-refractivity contribution in [1.82, 2.24) is 0 Å². The molecule has 4 aromatic carbocycles. The first-order valence-electron chi connectivity index (χ1n) is 14.7. The zero-order valence-corrected chi connectivity index (χ0v) is 25.5. The predicted octanol–water partition coefficient (Wildman–Crippen LogP) is 11.4. The molecule has 0 atom stereocenters. The molecule has 41 heavy (non-hydrogen) atoms. The van der Waals surface area contributed by atoms with Gasteiger partial charge in [-0.1, -0.05) is 122 Å². The van der Waals surface area contributed by atoms with Crippen LogP contribution in [0.25, 0.3) is 57.7 Å². The summed E-state index contributed by atoms with van der Waals surface area (Å²) in [4.78, 5) is 0. The van der Waals surface area contributed by atoms with Crippen LogP contribution in [0.15, 0.2) is 74.8 Å². The van der Waals surface area contributed by atoms with Crippen LogP contribution in [0.3, 0.4) is 0 Å². The summed E-state index contributed by atoms with van der Waals surface area (Å²) in [7, 11) is 0. The van der Waals surface area contributed by atoms with Crippen LogP contribution in [0, 0.1) is 6.92 Å². The summed E-state index contributed by atoms with van der Waals surface area (Å²) in [5.74, 6) is 0. The van der Waals surface area contributed by atoms with Gasteiger partial charge in [0, 0.05) is 10.8 Å². The van der Waals surface area contributed by atoms with E-state index in [0.29, 0.717) is 0 Å². The molecule has 4 aromatic rings. The van der Waals surface area contributed by atoms with Gasteiger partial charge in [-0.15, -0.1) is 0 Å². The van der Waals surface area contributed by atoms with E-state index in [0.717, 1.165) is 6.42 Å². The van der Waals surface area contributed by atoms with Gasteiger partial charge in [-0.05, 0) is 114 Å². The van der Waals surface area contributed by atoms with Crippen LogP contribution < -0.4 is 0 Å². The molecule has 0 saturated carbocycles. The highest BCUT2D eigenvalue weighted by Gasteiger charge is 2.39. The van der Waals surface area contributed by atoms with Crippen LogP contribution in [-0.2, 0) is 17.3 Å². The number of aryl methyl sites for hydroxylation is 2. The lowest BCUT2D eigenvalue weighted by atomic mass is 9.79. The molecule has 2 aliphatic carbocycles. The fraction of sp³-hybridized carbons (Fsp3) is 0.220. The first-order chi connectivity index (χ1) is 19.5. The Balaban J connectivity index is 1.53. The smallest absolute Gasteiger partial charge is 0.0159 e. The van der Waals surface area contributed by atoms with Gasteiger partial charge in [0.25, 0.3) is 0 Å². The molecule has 0 bridgehead atoms. The fourth-order valence-corrected chi connectivity index (χ4v) is 7.64. The molecule has 0 aromatic heterocycles. The highest BCUT2D eigenvalue weighted by Crippen LogP contribution is 2.55. The van der Waals surface area contributed by atoms with E-state index < -0.39 is 0 Å². The number of hydrogen-bond acceptors (Lipinski definition) is 0. The molecule has 0 nitrogen and oxygen atoms in total. The van der Waals surface area contributed by atoms with E-state index in [1.807, 2.05) is 24.3 Å². The minimum Gasteiger partial charge on any atom is -0.0984 e. The third-order valence-electron chi connectivity index (χ3n) is 9.91. The highest BCUT2D eigenvalue weighted by molar-refractivity contribution is 5.94. The normalized spacial score (nSPS) is 15.0.